The fourth-order valence-electron chi connectivity index (χ4n) is 0.0532. The average molecular weight is 149 g/mol. The molecule has 0 aromatic rings. The molecular weight excluding hydrogens is 147 g/mol. The molecule has 0 aromatic carbocycles. The van der Waals surface area contributed by atoms with E-state index < -0.39 is 0 Å². The first-order chi connectivity index (χ1) is 3.41. The van der Waals surface area contributed by atoms with Crippen LogP contribution in [0.4, 0.5) is 0 Å². The molecule has 0 amide bonds. The van der Waals surface area contributed by atoms with Gasteiger partial charge in [0.05, 0.1) is 0 Å². The second-order valence-electron chi connectivity index (χ2n) is 0.462. The van der Waals surface area contributed by atoms with E-state index in [2.05, 4.69) is 8.58 Å². The summed E-state index contributed by atoms with van der Waals surface area (Å²) in [6, 6.07) is 0. The van der Waals surface area contributed by atoms with Gasteiger partial charge in [-0.1, -0.05) is 8.58 Å². The third kappa shape index (κ3) is 6.42. The van der Waals surface area contributed by atoms with Crippen molar-refractivity contribution in [2.45, 2.75) is 0 Å². The van der Waals surface area contributed by atoms with Gasteiger partial charge in [-0.2, -0.15) is 0 Å². The van der Waals surface area contributed by atoms with E-state index in [9.17, 15) is 9.32 Å². The van der Waals surface area contributed by atoms with Crippen molar-refractivity contribution in [2.24, 2.45) is 0 Å². The number of halogens is 2. The molecule has 44 valence electrons. The Morgan fingerprint density at radius 1 is 1.14 bits per heavy atom. The molecule has 0 rings (SSSR count). The van der Waals surface area contributed by atoms with Crippen molar-refractivity contribution < 1.29 is 40.5 Å². The Hall–Kier alpha value is 0.420. The van der Waals surface area contributed by atoms with Gasteiger partial charge < -0.3 is 9.32 Å². The molecule has 0 spiro atoms. The minimum absolute atomic E-state index is 0.292. The summed E-state index contributed by atoms with van der Waals surface area (Å²) in [5.41, 5.74) is 0. The Kier molecular flexibility index (Phi) is 6.81. The van der Waals surface area contributed by atoms with Gasteiger partial charge >= 0.3 is 22.7 Å². The Morgan fingerprint density at radius 2 is 1.57 bits per heavy atom. The molecule has 0 saturated heterocycles. The number of rotatable bonds is 4. The van der Waals surface area contributed by atoms with Crippen LogP contribution >= 0.6 is 0 Å². The van der Waals surface area contributed by atoms with E-state index >= 15 is 0 Å². The topological polar surface area (TPSA) is 64.6 Å². The summed E-state index contributed by atoms with van der Waals surface area (Å²) in [5.74, 6) is 0. The number of hydrogen-bond donors (Lipinski definition) is 0. The SMILES string of the molecule is [O-][Cl+]OCO[Cl+][O-]. The highest BCUT2D eigenvalue weighted by Gasteiger charge is 1.96. The lowest BCUT2D eigenvalue weighted by molar-refractivity contribution is -1.30. The van der Waals surface area contributed by atoms with Crippen LogP contribution in [0.1, 0.15) is 0 Å². The molecule has 0 aliphatic rings. The molecule has 0 aliphatic carbocycles. The van der Waals surface area contributed by atoms with E-state index in [1.165, 1.54) is 0 Å². The second kappa shape index (κ2) is 6.42. The minimum Gasteiger partial charge on any atom is -0.506 e. The van der Waals surface area contributed by atoms with Crippen molar-refractivity contribution in [3.8, 4) is 0 Å². The van der Waals surface area contributed by atoms with Gasteiger partial charge in [0.1, 0.15) is 0 Å². The summed E-state index contributed by atoms with van der Waals surface area (Å²) < 4.78 is 26.3. The van der Waals surface area contributed by atoms with Crippen LogP contribution in [0.25, 0.3) is 0 Å². The van der Waals surface area contributed by atoms with Gasteiger partial charge in [-0.25, -0.2) is 0 Å². The molecule has 0 unspecified atom stereocenters. The Bertz CT molecular complexity index is 28.9. The van der Waals surface area contributed by atoms with Gasteiger partial charge in [0.15, 0.2) is 0 Å². The fourth-order valence-corrected chi connectivity index (χ4v) is 0.261. The molecule has 4 nitrogen and oxygen atoms in total. The van der Waals surface area contributed by atoms with Crippen LogP contribution in [-0.2, 0) is 8.58 Å². The monoisotopic (exact) mass is 148 g/mol. The maximum absolute atomic E-state index is 9.25. The van der Waals surface area contributed by atoms with Crippen LogP contribution < -0.4 is 9.32 Å². The van der Waals surface area contributed by atoms with E-state index in [4.69, 9.17) is 0 Å². The Morgan fingerprint density at radius 3 is 1.86 bits per heavy atom. The zero-order chi connectivity index (χ0) is 5.54. The molecule has 0 bridgehead atoms. The van der Waals surface area contributed by atoms with Crippen molar-refractivity contribution in [2.75, 3.05) is 6.79 Å². The zero-order valence-electron chi connectivity index (χ0n) is 3.10. The predicted molar refractivity (Wildman–Crippen MR) is 7.04 cm³/mol. The molecule has 0 fully saturated rings. The third-order valence-corrected chi connectivity index (χ3v) is 0.535. The van der Waals surface area contributed by atoms with Crippen LogP contribution in [0.3, 0.4) is 0 Å². The quantitative estimate of drug-likeness (QED) is 0.328. The molecule has 0 radical (unpaired) electrons. The predicted octanol–water partition coefficient (Wildman–Crippen LogP) is -2.47. The first-order valence-corrected chi connectivity index (χ1v) is 2.43. The summed E-state index contributed by atoms with van der Waals surface area (Å²) >= 11 is 0.585. The first kappa shape index (κ1) is 7.42. The highest BCUT2D eigenvalue weighted by atomic mass is 35.6. The van der Waals surface area contributed by atoms with Crippen molar-refractivity contribution in [3.63, 3.8) is 0 Å². The molecule has 6 heteroatoms. The maximum atomic E-state index is 9.25. The van der Waals surface area contributed by atoms with E-state index in [-0.39, 0.29) is 6.79 Å². The second-order valence-corrected chi connectivity index (χ2v) is 1.15. The lowest BCUT2D eigenvalue weighted by atomic mass is 11.6. The van der Waals surface area contributed by atoms with Crippen LogP contribution in [0.15, 0.2) is 0 Å². The molecule has 0 saturated carbocycles. The zero-order valence-corrected chi connectivity index (χ0v) is 4.61. The van der Waals surface area contributed by atoms with Crippen molar-refractivity contribution in [1.82, 2.24) is 0 Å². The van der Waals surface area contributed by atoms with Gasteiger partial charge in [-0.3, -0.25) is 0 Å². The van der Waals surface area contributed by atoms with Gasteiger partial charge in [0, 0.05) is 0 Å². The van der Waals surface area contributed by atoms with E-state index in [0.717, 1.165) is 0 Å². The summed E-state index contributed by atoms with van der Waals surface area (Å²) in [6.45, 7) is -0.311. The maximum Gasteiger partial charge on any atom is 0.333 e. The lowest BCUT2D eigenvalue weighted by Crippen LogP contribution is -2.10. The van der Waals surface area contributed by atoms with Crippen molar-refractivity contribution in [3.05, 3.63) is 0 Å². The summed E-state index contributed by atoms with van der Waals surface area (Å²) in [7, 11) is 0. The molecule has 0 aromatic heterocycles. The van der Waals surface area contributed by atoms with Gasteiger partial charge in [-0.05, 0) is 0 Å². The normalized spacial score (nSPS) is 9.43. The molecular formula is CH2Cl2O4. The fraction of sp³-hybridized carbons (Fsp3) is 1.00. The smallest absolute Gasteiger partial charge is 0.333 e. The van der Waals surface area contributed by atoms with Gasteiger partial charge in [0.2, 0.25) is 0 Å². The lowest BCUT2D eigenvalue weighted by Gasteiger charge is -1.78. The van der Waals surface area contributed by atoms with E-state index in [1.807, 2.05) is 0 Å². The number of hydrogen-bond acceptors (Lipinski definition) is 4. The summed E-state index contributed by atoms with van der Waals surface area (Å²) in [5, 5.41) is 0. The Balaban J connectivity index is 2.45. The van der Waals surface area contributed by atoms with Gasteiger partial charge in [0.25, 0.3) is 6.79 Å². The van der Waals surface area contributed by atoms with Crippen LogP contribution in [0.5, 0.6) is 0 Å². The van der Waals surface area contributed by atoms with Crippen molar-refractivity contribution >= 4 is 0 Å². The standard InChI is InChI=1S/CH2Cl2O4/c4-2-6-1-7-3-5/h1H2. The highest BCUT2D eigenvalue weighted by molar-refractivity contribution is 3.64. The first-order valence-electron chi connectivity index (χ1n) is 1.19. The van der Waals surface area contributed by atoms with Crippen molar-refractivity contribution in [1.29, 1.82) is 0 Å². The van der Waals surface area contributed by atoms with Crippen LogP contribution in [0.2, 0.25) is 0 Å². The summed E-state index contributed by atoms with van der Waals surface area (Å²) in [6.07, 6.45) is 0. The summed E-state index contributed by atoms with van der Waals surface area (Å²) in [4.78, 5) is 0. The highest BCUT2D eigenvalue weighted by Crippen LogP contribution is 1.71. The van der Waals surface area contributed by atoms with Crippen LogP contribution in [-0.4, -0.2) is 6.79 Å². The van der Waals surface area contributed by atoms with E-state index in [0.29, 0.717) is 22.7 Å². The van der Waals surface area contributed by atoms with Crippen LogP contribution in [0, 0.1) is 22.7 Å². The molecule has 0 atom stereocenters. The molecule has 0 heterocycles. The largest absolute Gasteiger partial charge is 0.506 e. The average Bonchev–Trinajstić information content (AvgIpc) is 1.69. The molecule has 0 N–H and O–H groups in total. The minimum atomic E-state index is -0.311. The molecule has 0 aliphatic heterocycles. The third-order valence-electron chi connectivity index (χ3n) is 0.178. The Labute approximate surface area is 48.2 Å². The van der Waals surface area contributed by atoms with Gasteiger partial charge in [-0.15, -0.1) is 0 Å². The molecule has 7 heavy (non-hydrogen) atoms. The van der Waals surface area contributed by atoms with E-state index in [1.54, 1.807) is 0 Å².